The monoisotopic (exact) mass is 422 g/mol. The van der Waals surface area contributed by atoms with Crippen molar-refractivity contribution in [3.05, 3.63) is 59.7 Å². The van der Waals surface area contributed by atoms with E-state index in [1.807, 2.05) is 36.4 Å². The van der Waals surface area contributed by atoms with Gasteiger partial charge in [0.2, 0.25) is 5.91 Å². The van der Waals surface area contributed by atoms with Gasteiger partial charge in [0.05, 0.1) is 5.92 Å². The highest BCUT2D eigenvalue weighted by Gasteiger charge is 2.35. The van der Waals surface area contributed by atoms with Crippen LogP contribution in [-0.4, -0.2) is 53.7 Å². The first-order valence-corrected chi connectivity index (χ1v) is 10.6. The lowest BCUT2D eigenvalue weighted by atomic mass is 9.90. The summed E-state index contributed by atoms with van der Waals surface area (Å²) >= 11 is 0. The standard InChI is InChI=1S/C24H26N2O5/c1-15-16(23(28)29)11-6-12-26(15)22(27)13-25-24(30)31-14-21-19-9-4-2-7-17(19)18-8-3-5-10-20(18)21/h2-5,7-10,15-16,21H,6,11-14H2,1H3,(H,25,30)(H,28,29)/t15-,16-/m1/s1. The third-order valence-electron chi connectivity index (χ3n) is 6.35. The number of carboxylic acid groups (broad SMARTS) is 1. The molecule has 2 aromatic rings. The highest BCUT2D eigenvalue weighted by atomic mass is 16.5. The molecule has 1 saturated heterocycles. The van der Waals surface area contributed by atoms with Gasteiger partial charge < -0.3 is 20.1 Å². The van der Waals surface area contributed by atoms with Crippen molar-refractivity contribution < 1.29 is 24.2 Å². The number of hydrogen-bond acceptors (Lipinski definition) is 4. The number of carbonyl (C=O) groups excluding carboxylic acids is 2. The van der Waals surface area contributed by atoms with Crippen LogP contribution in [0, 0.1) is 5.92 Å². The Bertz CT molecular complexity index is 959. The van der Waals surface area contributed by atoms with Gasteiger partial charge in [0.1, 0.15) is 13.2 Å². The number of amides is 2. The molecule has 0 spiro atoms. The van der Waals surface area contributed by atoms with Crippen LogP contribution >= 0.6 is 0 Å². The maximum atomic E-state index is 12.5. The molecule has 2 aliphatic rings. The molecule has 2 N–H and O–H groups in total. The zero-order chi connectivity index (χ0) is 22.0. The maximum absolute atomic E-state index is 12.5. The van der Waals surface area contributed by atoms with Crippen LogP contribution < -0.4 is 5.32 Å². The summed E-state index contributed by atoms with van der Waals surface area (Å²) in [5.74, 6) is -1.82. The van der Waals surface area contributed by atoms with Crippen molar-refractivity contribution in [2.45, 2.75) is 31.7 Å². The highest BCUT2D eigenvalue weighted by Crippen LogP contribution is 2.44. The Morgan fingerprint density at radius 3 is 2.29 bits per heavy atom. The van der Waals surface area contributed by atoms with E-state index in [0.717, 1.165) is 22.3 Å². The Balaban J connectivity index is 1.33. The second-order valence-electron chi connectivity index (χ2n) is 8.09. The van der Waals surface area contributed by atoms with Crippen LogP contribution in [0.3, 0.4) is 0 Å². The normalized spacial score (nSPS) is 20.0. The average Bonchev–Trinajstić information content (AvgIpc) is 3.10. The fourth-order valence-corrected chi connectivity index (χ4v) is 4.72. The molecule has 0 saturated carbocycles. The molecule has 0 aromatic heterocycles. The van der Waals surface area contributed by atoms with E-state index >= 15 is 0 Å². The Hall–Kier alpha value is -3.35. The molecule has 2 amide bonds. The van der Waals surface area contributed by atoms with Gasteiger partial charge in [0, 0.05) is 18.5 Å². The average molecular weight is 422 g/mol. The number of benzene rings is 2. The van der Waals surface area contributed by atoms with Crippen molar-refractivity contribution in [2.75, 3.05) is 19.7 Å². The number of carboxylic acids is 1. The molecular formula is C24H26N2O5. The van der Waals surface area contributed by atoms with Crippen LogP contribution in [0.5, 0.6) is 0 Å². The predicted octanol–water partition coefficient (Wildman–Crippen LogP) is 3.24. The van der Waals surface area contributed by atoms with E-state index in [0.29, 0.717) is 19.4 Å². The second-order valence-corrected chi connectivity index (χ2v) is 8.09. The molecule has 162 valence electrons. The number of nitrogens with zero attached hydrogens (tertiary/aromatic N) is 1. The van der Waals surface area contributed by atoms with E-state index in [9.17, 15) is 19.5 Å². The summed E-state index contributed by atoms with van der Waals surface area (Å²) < 4.78 is 5.45. The van der Waals surface area contributed by atoms with E-state index in [1.165, 1.54) is 4.90 Å². The number of rotatable bonds is 5. The van der Waals surface area contributed by atoms with Crippen LogP contribution in [0.2, 0.25) is 0 Å². The summed E-state index contributed by atoms with van der Waals surface area (Å²) in [5.41, 5.74) is 4.53. The number of aliphatic carboxylic acids is 1. The van der Waals surface area contributed by atoms with Gasteiger partial charge >= 0.3 is 12.1 Å². The van der Waals surface area contributed by atoms with Crippen molar-refractivity contribution in [3.63, 3.8) is 0 Å². The van der Waals surface area contributed by atoms with Crippen LogP contribution in [0.15, 0.2) is 48.5 Å². The Morgan fingerprint density at radius 1 is 1.06 bits per heavy atom. The zero-order valence-electron chi connectivity index (χ0n) is 17.4. The fourth-order valence-electron chi connectivity index (χ4n) is 4.72. The van der Waals surface area contributed by atoms with Gasteiger partial charge in [-0.3, -0.25) is 9.59 Å². The lowest BCUT2D eigenvalue weighted by Gasteiger charge is -2.37. The third kappa shape index (κ3) is 4.13. The molecule has 0 radical (unpaired) electrons. The molecule has 1 fully saturated rings. The molecule has 7 nitrogen and oxygen atoms in total. The van der Waals surface area contributed by atoms with Gasteiger partial charge in [-0.05, 0) is 42.0 Å². The maximum Gasteiger partial charge on any atom is 0.407 e. The minimum atomic E-state index is -0.894. The molecule has 1 aliphatic heterocycles. The quantitative estimate of drug-likeness (QED) is 0.771. The first kappa shape index (κ1) is 20.9. The summed E-state index contributed by atoms with van der Waals surface area (Å²) in [7, 11) is 0. The molecule has 1 aliphatic carbocycles. The number of ether oxygens (including phenoxy) is 1. The summed E-state index contributed by atoms with van der Waals surface area (Å²) in [6.07, 6.45) is 0.535. The third-order valence-corrected chi connectivity index (χ3v) is 6.35. The predicted molar refractivity (Wildman–Crippen MR) is 115 cm³/mol. The first-order valence-electron chi connectivity index (χ1n) is 10.6. The van der Waals surface area contributed by atoms with E-state index in [2.05, 4.69) is 17.4 Å². The van der Waals surface area contributed by atoms with Crippen LogP contribution in [-0.2, 0) is 14.3 Å². The van der Waals surface area contributed by atoms with Crippen LogP contribution in [0.25, 0.3) is 11.1 Å². The number of likely N-dealkylation sites (tertiary alicyclic amines) is 1. The Labute approximate surface area is 181 Å². The van der Waals surface area contributed by atoms with E-state index in [4.69, 9.17) is 4.74 Å². The van der Waals surface area contributed by atoms with Crippen LogP contribution in [0.4, 0.5) is 4.79 Å². The van der Waals surface area contributed by atoms with E-state index in [-0.39, 0.29) is 25.0 Å². The number of hydrogen-bond donors (Lipinski definition) is 2. The Morgan fingerprint density at radius 2 is 1.68 bits per heavy atom. The zero-order valence-corrected chi connectivity index (χ0v) is 17.4. The number of fused-ring (bicyclic) bond motifs is 3. The molecule has 2 atom stereocenters. The summed E-state index contributed by atoms with van der Waals surface area (Å²) in [6.45, 7) is 2.20. The smallest absolute Gasteiger partial charge is 0.407 e. The lowest BCUT2D eigenvalue weighted by Crippen LogP contribution is -2.52. The number of nitrogens with one attached hydrogen (secondary N) is 1. The highest BCUT2D eigenvalue weighted by molar-refractivity contribution is 5.84. The minimum absolute atomic E-state index is 0.0488. The van der Waals surface area contributed by atoms with Gasteiger partial charge in [-0.15, -0.1) is 0 Å². The van der Waals surface area contributed by atoms with E-state index < -0.39 is 24.0 Å². The molecule has 2 aromatic carbocycles. The van der Waals surface area contributed by atoms with Crippen molar-refractivity contribution in [1.29, 1.82) is 0 Å². The van der Waals surface area contributed by atoms with Crippen molar-refractivity contribution >= 4 is 18.0 Å². The molecule has 31 heavy (non-hydrogen) atoms. The summed E-state index contributed by atoms with van der Waals surface area (Å²) in [4.78, 5) is 37.7. The van der Waals surface area contributed by atoms with Gasteiger partial charge in [-0.25, -0.2) is 4.79 Å². The summed E-state index contributed by atoms with van der Waals surface area (Å²) in [5, 5.41) is 11.8. The van der Waals surface area contributed by atoms with Gasteiger partial charge in [0.15, 0.2) is 0 Å². The van der Waals surface area contributed by atoms with Gasteiger partial charge in [0.25, 0.3) is 0 Å². The molecular weight excluding hydrogens is 396 g/mol. The molecule has 0 unspecified atom stereocenters. The van der Waals surface area contributed by atoms with Gasteiger partial charge in [-0.2, -0.15) is 0 Å². The second kappa shape index (κ2) is 8.79. The SMILES string of the molecule is C[C@@H]1[C@H](C(=O)O)CCCN1C(=O)CNC(=O)OCC1c2ccccc2-c2ccccc21. The van der Waals surface area contributed by atoms with Crippen molar-refractivity contribution in [1.82, 2.24) is 10.2 Å². The molecule has 7 heteroatoms. The van der Waals surface area contributed by atoms with Crippen LogP contribution in [0.1, 0.15) is 36.8 Å². The number of alkyl carbamates (subject to hydrolysis) is 1. The molecule has 0 bridgehead atoms. The largest absolute Gasteiger partial charge is 0.481 e. The minimum Gasteiger partial charge on any atom is -0.481 e. The lowest BCUT2D eigenvalue weighted by molar-refractivity contribution is -0.148. The first-order chi connectivity index (χ1) is 15.0. The topological polar surface area (TPSA) is 95.9 Å². The summed E-state index contributed by atoms with van der Waals surface area (Å²) in [6, 6.07) is 15.8. The van der Waals surface area contributed by atoms with Gasteiger partial charge in [-0.1, -0.05) is 48.5 Å². The van der Waals surface area contributed by atoms with Crippen molar-refractivity contribution in [2.24, 2.45) is 5.92 Å². The fraction of sp³-hybridized carbons (Fsp3) is 0.375. The van der Waals surface area contributed by atoms with Crippen molar-refractivity contribution in [3.8, 4) is 11.1 Å². The molecule has 1 heterocycles. The molecule has 4 rings (SSSR count). The number of piperidine rings is 1. The number of carbonyl (C=O) groups is 3. The van der Waals surface area contributed by atoms with E-state index in [1.54, 1.807) is 6.92 Å². The Kier molecular flexibility index (Phi) is 5.93.